The number of hydrogen-bond acceptors (Lipinski definition) is 3. The molecule has 0 saturated heterocycles. The number of rotatable bonds is 3. The van der Waals surface area contributed by atoms with Crippen molar-refractivity contribution in [1.82, 2.24) is 0 Å². The standard InChI is InChI=1S/C15H9F3N2O2/c16-15(17,18)22-13-6-4-11(5-7-13)14(21)20-12-3-1-2-10(8-12)9-19/h1-8H,(H,20,21). The number of hydrogen-bond donors (Lipinski definition) is 1. The van der Waals surface area contributed by atoms with Gasteiger partial charge >= 0.3 is 6.36 Å². The Hall–Kier alpha value is -3.01. The molecule has 0 aromatic heterocycles. The maximum Gasteiger partial charge on any atom is 0.573 e. The lowest BCUT2D eigenvalue weighted by atomic mass is 10.2. The number of ether oxygens (including phenoxy) is 1. The van der Waals surface area contributed by atoms with E-state index in [2.05, 4.69) is 10.1 Å². The highest BCUT2D eigenvalue weighted by molar-refractivity contribution is 6.04. The fraction of sp³-hybridized carbons (Fsp3) is 0.0667. The molecule has 1 amide bonds. The van der Waals surface area contributed by atoms with E-state index in [0.29, 0.717) is 11.3 Å². The first-order valence-electron chi connectivity index (χ1n) is 6.05. The minimum atomic E-state index is -4.78. The molecule has 112 valence electrons. The monoisotopic (exact) mass is 306 g/mol. The van der Waals surface area contributed by atoms with Crippen LogP contribution in [0.15, 0.2) is 48.5 Å². The number of carbonyl (C=O) groups excluding carboxylic acids is 1. The molecule has 2 rings (SSSR count). The topological polar surface area (TPSA) is 62.1 Å². The van der Waals surface area contributed by atoms with E-state index in [4.69, 9.17) is 5.26 Å². The van der Waals surface area contributed by atoms with E-state index >= 15 is 0 Å². The molecule has 1 N–H and O–H groups in total. The highest BCUT2D eigenvalue weighted by Crippen LogP contribution is 2.23. The van der Waals surface area contributed by atoms with Crippen LogP contribution in [-0.2, 0) is 0 Å². The summed E-state index contributed by atoms with van der Waals surface area (Å²) >= 11 is 0. The molecular formula is C15H9F3N2O2. The Kier molecular flexibility index (Phi) is 4.32. The number of benzene rings is 2. The summed E-state index contributed by atoms with van der Waals surface area (Å²) in [4.78, 5) is 12.0. The second-order valence-corrected chi connectivity index (χ2v) is 4.22. The van der Waals surface area contributed by atoms with Gasteiger partial charge in [-0.1, -0.05) is 6.07 Å². The number of nitriles is 1. The van der Waals surface area contributed by atoms with Crippen LogP contribution in [0.3, 0.4) is 0 Å². The zero-order chi connectivity index (χ0) is 16.2. The largest absolute Gasteiger partial charge is 0.573 e. The van der Waals surface area contributed by atoms with E-state index in [1.54, 1.807) is 18.2 Å². The van der Waals surface area contributed by atoms with Crippen molar-refractivity contribution in [2.24, 2.45) is 0 Å². The van der Waals surface area contributed by atoms with Gasteiger partial charge < -0.3 is 10.1 Å². The average molecular weight is 306 g/mol. The predicted octanol–water partition coefficient (Wildman–Crippen LogP) is 3.71. The van der Waals surface area contributed by atoms with E-state index in [0.717, 1.165) is 12.1 Å². The fourth-order valence-corrected chi connectivity index (χ4v) is 1.68. The van der Waals surface area contributed by atoms with Gasteiger partial charge in [0, 0.05) is 11.3 Å². The Morgan fingerprint density at radius 1 is 1.14 bits per heavy atom. The molecule has 2 aromatic rings. The Balaban J connectivity index is 2.08. The molecule has 4 nitrogen and oxygen atoms in total. The van der Waals surface area contributed by atoms with Crippen molar-refractivity contribution in [2.75, 3.05) is 5.32 Å². The fourth-order valence-electron chi connectivity index (χ4n) is 1.68. The molecule has 0 saturated carbocycles. The van der Waals surface area contributed by atoms with Crippen molar-refractivity contribution in [2.45, 2.75) is 6.36 Å². The first kappa shape index (κ1) is 15.4. The molecule has 0 unspecified atom stereocenters. The normalized spacial score (nSPS) is 10.6. The predicted molar refractivity (Wildman–Crippen MR) is 72.2 cm³/mol. The van der Waals surface area contributed by atoms with Crippen molar-refractivity contribution in [3.63, 3.8) is 0 Å². The van der Waals surface area contributed by atoms with Crippen molar-refractivity contribution >= 4 is 11.6 Å². The van der Waals surface area contributed by atoms with Gasteiger partial charge in [0.1, 0.15) is 5.75 Å². The van der Waals surface area contributed by atoms with Gasteiger partial charge in [0.25, 0.3) is 5.91 Å². The zero-order valence-electron chi connectivity index (χ0n) is 11.0. The SMILES string of the molecule is N#Cc1cccc(NC(=O)c2ccc(OC(F)(F)F)cc2)c1. The van der Waals surface area contributed by atoms with Crippen LogP contribution in [0.1, 0.15) is 15.9 Å². The van der Waals surface area contributed by atoms with Gasteiger partial charge in [-0.05, 0) is 42.5 Å². The molecule has 0 aliphatic rings. The van der Waals surface area contributed by atoms with Gasteiger partial charge in [0.2, 0.25) is 0 Å². The summed E-state index contributed by atoms with van der Waals surface area (Å²) in [6.45, 7) is 0. The highest BCUT2D eigenvalue weighted by atomic mass is 19.4. The Bertz CT molecular complexity index is 719. The second-order valence-electron chi connectivity index (χ2n) is 4.22. The van der Waals surface area contributed by atoms with E-state index in [-0.39, 0.29) is 5.56 Å². The molecule has 0 radical (unpaired) electrons. The number of nitrogens with one attached hydrogen (secondary N) is 1. The molecule has 0 spiro atoms. The summed E-state index contributed by atoms with van der Waals surface area (Å²) < 4.78 is 39.8. The minimum absolute atomic E-state index is 0.164. The van der Waals surface area contributed by atoms with Gasteiger partial charge in [-0.2, -0.15) is 5.26 Å². The number of amides is 1. The van der Waals surface area contributed by atoms with E-state index in [9.17, 15) is 18.0 Å². The third-order valence-electron chi connectivity index (χ3n) is 2.60. The molecule has 0 atom stereocenters. The maximum atomic E-state index is 12.0. The summed E-state index contributed by atoms with van der Waals surface area (Å²) in [7, 11) is 0. The van der Waals surface area contributed by atoms with E-state index in [1.165, 1.54) is 18.2 Å². The van der Waals surface area contributed by atoms with Gasteiger partial charge in [-0.25, -0.2) is 0 Å². The average Bonchev–Trinajstić information content (AvgIpc) is 2.46. The van der Waals surface area contributed by atoms with E-state index < -0.39 is 18.0 Å². The number of carbonyl (C=O) groups is 1. The highest BCUT2D eigenvalue weighted by Gasteiger charge is 2.31. The Morgan fingerprint density at radius 3 is 2.41 bits per heavy atom. The summed E-state index contributed by atoms with van der Waals surface area (Å²) in [6, 6.07) is 12.7. The van der Waals surface area contributed by atoms with Crippen molar-refractivity contribution in [3.05, 3.63) is 59.7 Å². The smallest absolute Gasteiger partial charge is 0.406 e. The molecule has 0 aliphatic carbocycles. The van der Waals surface area contributed by atoms with Crippen LogP contribution in [-0.4, -0.2) is 12.3 Å². The van der Waals surface area contributed by atoms with Crippen LogP contribution in [0.4, 0.5) is 18.9 Å². The van der Waals surface area contributed by atoms with Crippen LogP contribution in [0.25, 0.3) is 0 Å². The number of halogens is 3. The molecule has 0 heterocycles. The molecule has 7 heteroatoms. The molecule has 0 bridgehead atoms. The Morgan fingerprint density at radius 2 is 1.82 bits per heavy atom. The lowest BCUT2D eigenvalue weighted by Crippen LogP contribution is -2.17. The third-order valence-corrected chi connectivity index (χ3v) is 2.60. The molecule has 0 aliphatic heterocycles. The Labute approximate surface area is 123 Å². The lowest BCUT2D eigenvalue weighted by molar-refractivity contribution is -0.274. The van der Waals surface area contributed by atoms with Gasteiger partial charge in [-0.3, -0.25) is 4.79 Å². The van der Waals surface area contributed by atoms with Crippen LogP contribution in [0.5, 0.6) is 5.75 Å². The van der Waals surface area contributed by atoms with Crippen LogP contribution < -0.4 is 10.1 Å². The van der Waals surface area contributed by atoms with E-state index in [1.807, 2.05) is 6.07 Å². The first-order valence-corrected chi connectivity index (χ1v) is 6.05. The molecule has 0 fully saturated rings. The molecule has 22 heavy (non-hydrogen) atoms. The summed E-state index contributed by atoms with van der Waals surface area (Å²) in [5, 5.41) is 11.3. The van der Waals surface area contributed by atoms with Crippen LogP contribution in [0, 0.1) is 11.3 Å². The third kappa shape index (κ3) is 4.24. The summed E-state index contributed by atoms with van der Waals surface area (Å²) in [6.07, 6.45) is -4.78. The molecular weight excluding hydrogens is 297 g/mol. The minimum Gasteiger partial charge on any atom is -0.406 e. The van der Waals surface area contributed by atoms with Gasteiger partial charge in [0.05, 0.1) is 11.6 Å². The number of alkyl halides is 3. The first-order chi connectivity index (χ1) is 10.4. The second kappa shape index (κ2) is 6.18. The van der Waals surface area contributed by atoms with Crippen molar-refractivity contribution < 1.29 is 22.7 Å². The quantitative estimate of drug-likeness (QED) is 0.940. The lowest BCUT2D eigenvalue weighted by Gasteiger charge is -2.09. The van der Waals surface area contributed by atoms with Gasteiger partial charge in [-0.15, -0.1) is 13.2 Å². The van der Waals surface area contributed by atoms with Gasteiger partial charge in [0.15, 0.2) is 0 Å². The maximum absolute atomic E-state index is 12.0. The zero-order valence-corrected chi connectivity index (χ0v) is 11.0. The number of anilines is 1. The van der Waals surface area contributed by atoms with Crippen molar-refractivity contribution in [3.8, 4) is 11.8 Å². The molecule has 2 aromatic carbocycles. The van der Waals surface area contributed by atoms with Crippen LogP contribution >= 0.6 is 0 Å². The number of nitrogens with zero attached hydrogens (tertiary/aromatic N) is 1. The summed E-state index contributed by atoms with van der Waals surface area (Å²) in [5.74, 6) is -0.913. The van der Waals surface area contributed by atoms with Crippen LogP contribution in [0.2, 0.25) is 0 Å². The van der Waals surface area contributed by atoms with Crippen molar-refractivity contribution in [1.29, 1.82) is 5.26 Å². The summed E-state index contributed by atoms with van der Waals surface area (Å²) in [5.41, 5.74) is 0.961.